The minimum absolute atomic E-state index is 0.252. The molecule has 1 atom stereocenters. The van der Waals surface area contributed by atoms with Crippen LogP contribution in [0.5, 0.6) is 0 Å². The fraction of sp³-hybridized carbons (Fsp3) is 0.478. The lowest BCUT2D eigenvalue weighted by Gasteiger charge is -2.36. The van der Waals surface area contributed by atoms with Crippen LogP contribution in [-0.4, -0.2) is 66.0 Å². The number of aromatic nitrogens is 2. The van der Waals surface area contributed by atoms with Crippen molar-refractivity contribution in [3.63, 3.8) is 0 Å². The summed E-state index contributed by atoms with van der Waals surface area (Å²) in [5, 5.41) is 0. The summed E-state index contributed by atoms with van der Waals surface area (Å²) in [7, 11) is 0. The number of hydrogen-bond acceptors (Lipinski definition) is 6. The minimum Gasteiger partial charge on any atom is -0.366 e. The van der Waals surface area contributed by atoms with E-state index >= 15 is 0 Å². The summed E-state index contributed by atoms with van der Waals surface area (Å²) in [5.41, 5.74) is 5.72. The Bertz CT molecular complexity index is 881. The Labute approximate surface area is 183 Å². The first-order chi connectivity index (χ1) is 15.1. The van der Waals surface area contributed by atoms with E-state index in [2.05, 4.69) is 19.8 Å². The molecule has 0 radical (unpaired) electrons. The predicted molar refractivity (Wildman–Crippen MR) is 120 cm³/mol. The Hall–Kier alpha value is -3.16. The summed E-state index contributed by atoms with van der Waals surface area (Å²) in [6.45, 7) is 5.00. The number of anilines is 2. The highest BCUT2D eigenvalue weighted by Gasteiger charge is 2.25. The van der Waals surface area contributed by atoms with E-state index in [1.807, 2.05) is 35.4 Å². The van der Waals surface area contributed by atoms with Crippen LogP contribution < -0.4 is 15.5 Å². The Kier molecular flexibility index (Phi) is 6.64. The maximum atomic E-state index is 12.8. The van der Waals surface area contributed by atoms with Crippen molar-refractivity contribution in [2.24, 2.45) is 11.7 Å². The van der Waals surface area contributed by atoms with Gasteiger partial charge in [0.25, 0.3) is 0 Å². The molecule has 2 aliphatic heterocycles. The summed E-state index contributed by atoms with van der Waals surface area (Å²) >= 11 is 0. The highest BCUT2D eigenvalue weighted by Crippen LogP contribution is 2.25. The van der Waals surface area contributed by atoms with E-state index in [-0.39, 0.29) is 5.91 Å². The smallest absolute Gasteiger partial charge is 0.250 e. The van der Waals surface area contributed by atoms with Gasteiger partial charge >= 0.3 is 0 Å². The third-order valence-electron chi connectivity index (χ3n) is 6.25. The number of nitrogens with two attached hydrogens (primary N) is 1. The second kappa shape index (κ2) is 9.76. The molecule has 0 aromatic carbocycles. The van der Waals surface area contributed by atoms with Crippen LogP contribution in [0.2, 0.25) is 0 Å². The molecule has 2 aliphatic rings. The van der Waals surface area contributed by atoms with E-state index in [9.17, 15) is 9.59 Å². The van der Waals surface area contributed by atoms with E-state index in [4.69, 9.17) is 5.73 Å². The van der Waals surface area contributed by atoms with Crippen molar-refractivity contribution >= 4 is 23.5 Å². The summed E-state index contributed by atoms with van der Waals surface area (Å²) in [4.78, 5) is 39.3. The molecule has 31 heavy (non-hydrogen) atoms. The van der Waals surface area contributed by atoms with Crippen LogP contribution in [0.4, 0.5) is 11.6 Å². The van der Waals surface area contributed by atoms with Crippen molar-refractivity contribution in [3.05, 3.63) is 48.3 Å². The number of primary amides is 1. The first-order valence-electron chi connectivity index (χ1n) is 11.0. The molecule has 2 fully saturated rings. The molecule has 4 heterocycles. The van der Waals surface area contributed by atoms with Crippen LogP contribution in [0.25, 0.3) is 0 Å². The standard InChI is InChI=1S/C23H30N6O2/c24-23(31)19-7-8-21(26-16-19)29-11-3-4-18(17-29)6-9-22(30)28-14-12-27(13-15-28)20-5-1-2-10-25-20/h1-2,5,7-8,10,16,18H,3-4,6,9,11-15,17H2,(H2,24,31). The third-order valence-corrected chi connectivity index (χ3v) is 6.25. The number of pyridine rings is 2. The van der Waals surface area contributed by atoms with Gasteiger partial charge in [-0.25, -0.2) is 9.97 Å². The van der Waals surface area contributed by atoms with Crippen molar-refractivity contribution < 1.29 is 9.59 Å². The maximum Gasteiger partial charge on any atom is 0.250 e. The largest absolute Gasteiger partial charge is 0.366 e. The van der Waals surface area contributed by atoms with Gasteiger partial charge in [0.2, 0.25) is 11.8 Å². The molecular weight excluding hydrogens is 392 g/mol. The molecule has 2 aromatic heterocycles. The third kappa shape index (κ3) is 5.31. The van der Waals surface area contributed by atoms with Gasteiger partial charge in [0.05, 0.1) is 5.56 Å². The highest BCUT2D eigenvalue weighted by atomic mass is 16.2. The highest BCUT2D eigenvalue weighted by molar-refractivity contribution is 5.92. The molecule has 0 aliphatic carbocycles. The monoisotopic (exact) mass is 422 g/mol. The first-order valence-corrected chi connectivity index (χ1v) is 11.0. The van der Waals surface area contributed by atoms with Crippen molar-refractivity contribution in [2.45, 2.75) is 25.7 Å². The van der Waals surface area contributed by atoms with Crippen LogP contribution in [-0.2, 0) is 4.79 Å². The van der Waals surface area contributed by atoms with Crippen molar-refractivity contribution in [1.29, 1.82) is 0 Å². The summed E-state index contributed by atoms with van der Waals surface area (Å²) < 4.78 is 0. The zero-order valence-corrected chi connectivity index (χ0v) is 17.8. The van der Waals surface area contributed by atoms with E-state index in [0.717, 1.165) is 70.2 Å². The maximum absolute atomic E-state index is 12.8. The topological polar surface area (TPSA) is 95.7 Å². The van der Waals surface area contributed by atoms with Crippen LogP contribution in [0.15, 0.2) is 42.7 Å². The Morgan fingerprint density at radius 2 is 1.77 bits per heavy atom. The second-order valence-electron chi connectivity index (χ2n) is 8.32. The zero-order valence-electron chi connectivity index (χ0n) is 17.8. The summed E-state index contributed by atoms with van der Waals surface area (Å²) in [6.07, 6.45) is 7.06. The number of carbonyl (C=O) groups excluding carboxylic acids is 2. The molecule has 2 aromatic rings. The molecule has 4 rings (SSSR count). The molecule has 2 N–H and O–H groups in total. The number of piperazine rings is 1. The lowest BCUT2D eigenvalue weighted by Crippen LogP contribution is -2.49. The van der Waals surface area contributed by atoms with Crippen LogP contribution in [0.1, 0.15) is 36.0 Å². The van der Waals surface area contributed by atoms with Gasteiger partial charge < -0.3 is 20.4 Å². The average molecular weight is 423 g/mol. The Morgan fingerprint density at radius 1 is 0.968 bits per heavy atom. The lowest BCUT2D eigenvalue weighted by atomic mass is 9.93. The molecule has 1 unspecified atom stereocenters. The molecule has 8 heteroatoms. The molecule has 2 amide bonds. The van der Waals surface area contributed by atoms with Gasteiger partial charge in [-0.15, -0.1) is 0 Å². The number of piperidine rings is 1. The molecule has 2 saturated heterocycles. The van der Waals surface area contributed by atoms with Crippen LogP contribution in [0, 0.1) is 5.92 Å². The molecule has 0 spiro atoms. The SMILES string of the molecule is NC(=O)c1ccc(N2CCCC(CCC(=O)N3CCN(c4ccccn4)CC3)C2)nc1. The zero-order chi connectivity index (χ0) is 21.6. The molecule has 0 saturated carbocycles. The summed E-state index contributed by atoms with van der Waals surface area (Å²) in [5.74, 6) is 2.11. The number of hydrogen-bond donors (Lipinski definition) is 1. The fourth-order valence-electron chi connectivity index (χ4n) is 4.44. The van der Waals surface area contributed by atoms with Gasteiger partial charge in [0.15, 0.2) is 0 Å². The van der Waals surface area contributed by atoms with Gasteiger partial charge in [-0.3, -0.25) is 9.59 Å². The van der Waals surface area contributed by atoms with Crippen molar-refractivity contribution in [2.75, 3.05) is 49.1 Å². The van der Waals surface area contributed by atoms with Crippen molar-refractivity contribution in [3.8, 4) is 0 Å². The van der Waals surface area contributed by atoms with Crippen molar-refractivity contribution in [1.82, 2.24) is 14.9 Å². The van der Waals surface area contributed by atoms with E-state index in [0.29, 0.717) is 17.9 Å². The fourth-order valence-corrected chi connectivity index (χ4v) is 4.44. The number of rotatable bonds is 6. The van der Waals surface area contributed by atoms with E-state index < -0.39 is 5.91 Å². The molecule has 164 valence electrons. The lowest BCUT2D eigenvalue weighted by molar-refractivity contribution is -0.131. The summed E-state index contributed by atoms with van der Waals surface area (Å²) in [6, 6.07) is 9.51. The molecule has 8 nitrogen and oxygen atoms in total. The minimum atomic E-state index is -0.463. The number of amides is 2. The van der Waals surface area contributed by atoms with Gasteiger partial charge in [0.1, 0.15) is 11.6 Å². The van der Waals surface area contributed by atoms with Gasteiger partial charge in [-0.05, 0) is 49.4 Å². The number of nitrogens with zero attached hydrogens (tertiary/aromatic N) is 5. The molecular formula is C23H30N6O2. The Morgan fingerprint density at radius 3 is 2.45 bits per heavy atom. The second-order valence-corrected chi connectivity index (χ2v) is 8.32. The Balaban J connectivity index is 1.23. The average Bonchev–Trinajstić information content (AvgIpc) is 2.83. The van der Waals surface area contributed by atoms with Gasteiger partial charge in [-0.2, -0.15) is 0 Å². The van der Waals surface area contributed by atoms with Gasteiger partial charge in [-0.1, -0.05) is 6.07 Å². The van der Waals surface area contributed by atoms with Gasteiger partial charge in [0, 0.05) is 58.1 Å². The normalized spacial score (nSPS) is 19.4. The molecule has 0 bridgehead atoms. The van der Waals surface area contributed by atoms with E-state index in [1.165, 1.54) is 6.20 Å². The van der Waals surface area contributed by atoms with E-state index in [1.54, 1.807) is 6.07 Å². The van der Waals surface area contributed by atoms with Crippen LogP contribution in [0.3, 0.4) is 0 Å². The first kappa shape index (κ1) is 21.1. The quantitative estimate of drug-likeness (QED) is 0.764. The van der Waals surface area contributed by atoms with Crippen LogP contribution >= 0.6 is 0 Å². The number of carbonyl (C=O) groups is 2. The predicted octanol–water partition coefficient (Wildman–Crippen LogP) is 1.92.